The molecule has 1 atom stereocenters. The monoisotopic (exact) mass is 686 g/mol. The van der Waals surface area contributed by atoms with Crippen molar-refractivity contribution in [3.05, 3.63) is 168 Å². The summed E-state index contributed by atoms with van der Waals surface area (Å²) in [6, 6.07) is 45.7. The molecule has 1 aliphatic rings. The zero-order valence-electron chi connectivity index (χ0n) is 28.0. The Bertz CT molecular complexity index is 1760. The second-order valence-corrected chi connectivity index (χ2v) is 14.7. The van der Waals surface area contributed by atoms with Crippen molar-refractivity contribution in [1.29, 1.82) is 0 Å². The van der Waals surface area contributed by atoms with E-state index in [1.165, 1.54) is 17.3 Å². The number of carbonyl (C=O) groups is 1. The zero-order chi connectivity index (χ0) is 32.7. The summed E-state index contributed by atoms with van der Waals surface area (Å²) in [6.07, 6.45) is 2.06. The van der Waals surface area contributed by atoms with Gasteiger partial charge in [0.1, 0.15) is 6.04 Å². The first-order valence-electron chi connectivity index (χ1n) is 15.8. The number of aliphatic carboxylic acids is 1. The molecule has 0 aromatic heterocycles. The summed E-state index contributed by atoms with van der Waals surface area (Å²) in [7, 11) is -4.12. The molecule has 0 radical (unpaired) electrons. The van der Waals surface area contributed by atoms with E-state index in [-0.39, 0.29) is 41.6 Å². The molecule has 9 heteroatoms. The predicted molar refractivity (Wildman–Crippen MR) is 192 cm³/mol. The molecule has 5 aromatic carbocycles. The SMILES string of the molecule is O=C(O)[C@H](CSC(c1ccccc1)(c1ccccc1)c1ccccc1)NS(=O)(=O)c1ccc(N2CCC(c3ccccc3)CC2)cc1.[H-].[Na+]. The molecule has 0 bridgehead atoms. The molecule has 242 valence electrons. The third-order valence-electron chi connectivity index (χ3n) is 8.88. The van der Waals surface area contributed by atoms with E-state index in [2.05, 4.69) is 33.9 Å². The summed E-state index contributed by atoms with van der Waals surface area (Å²) in [5, 5.41) is 10.3. The summed E-state index contributed by atoms with van der Waals surface area (Å²) in [4.78, 5) is 14.9. The fraction of sp³-hybridized carbons (Fsp3) is 0.205. The van der Waals surface area contributed by atoms with Crippen LogP contribution in [-0.4, -0.2) is 44.4 Å². The molecule has 1 fully saturated rings. The molecular formula is C39H39N2NaO4S2. The van der Waals surface area contributed by atoms with Crippen LogP contribution in [0.4, 0.5) is 5.69 Å². The van der Waals surface area contributed by atoms with Crippen LogP contribution in [0.25, 0.3) is 0 Å². The first-order chi connectivity index (χ1) is 22.9. The minimum Gasteiger partial charge on any atom is -1.00 e. The summed E-state index contributed by atoms with van der Waals surface area (Å²) in [5.41, 5.74) is 5.23. The number of benzene rings is 5. The average molecular weight is 687 g/mol. The van der Waals surface area contributed by atoms with Crippen LogP contribution < -0.4 is 39.2 Å². The van der Waals surface area contributed by atoms with Gasteiger partial charge in [-0.1, -0.05) is 121 Å². The Morgan fingerprint density at radius 3 is 1.62 bits per heavy atom. The number of anilines is 1. The van der Waals surface area contributed by atoms with Crippen LogP contribution in [0.1, 0.15) is 42.4 Å². The van der Waals surface area contributed by atoms with E-state index in [1.807, 2.05) is 109 Å². The van der Waals surface area contributed by atoms with Crippen LogP contribution in [0.2, 0.25) is 0 Å². The number of carboxylic acids is 1. The standard InChI is InChI=1S/C39H38N2O4S2.Na.H/c42-38(43)37(29-46-39(32-15-7-2-8-16-32,33-17-9-3-10-18-33)34-19-11-4-12-20-34)40-47(44,45)36-23-21-35(22-24-36)41-27-25-31(26-28-41)30-13-5-1-6-14-30;;/h1-24,31,37,40H,25-29H2,(H,42,43);;/q;+1;-1/t37-;;/m0../s1. The summed E-state index contributed by atoms with van der Waals surface area (Å²) >= 11 is 1.41. The van der Waals surface area contributed by atoms with Crippen molar-refractivity contribution in [2.45, 2.75) is 34.4 Å². The van der Waals surface area contributed by atoms with Crippen LogP contribution in [0.3, 0.4) is 0 Å². The van der Waals surface area contributed by atoms with Gasteiger partial charge in [-0.25, -0.2) is 8.42 Å². The maximum Gasteiger partial charge on any atom is 1.00 e. The number of nitrogens with one attached hydrogen (secondary N) is 1. The van der Waals surface area contributed by atoms with Gasteiger partial charge in [-0.15, -0.1) is 11.8 Å². The van der Waals surface area contributed by atoms with Crippen LogP contribution in [0.5, 0.6) is 0 Å². The number of piperidine rings is 1. The largest absolute Gasteiger partial charge is 1.00 e. The molecule has 1 aliphatic heterocycles. The minimum atomic E-state index is -4.12. The third kappa shape index (κ3) is 8.08. The minimum absolute atomic E-state index is 0. The Morgan fingerprint density at radius 1 is 0.750 bits per heavy atom. The zero-order valence-corrected chi connectivity index (χ0v) is 30.6. The van der Waals surface area contributed by atoms with Crippen LogP contribution >= 0.6 is 11.8 Å². The number of rotatable bonds is 12. The van der Waals surface area contributed by atoms with Gasteiger partial charge in [0.15, 0.2) is 0 Å². The van der Waals surface area contributed by atoms with Crippen molar-refractivity contribution in [3.63, 3.8) is 0 Å². The first kappa shape index (κ1) is 35.9. The van der Waals surface area contributed by atoms with Gasteiger partial charge in [0.25, 0.3) is 0 Å². The van der Waals surface area contributed by atoms with Gasteiger partial charge in [0, 0.05) is 24.5 Å². The number of sulfonamides is 1. The van der Waals surface area contributed by atoms with Crippen LogP contribution in [0.15, 0.2) is 150 Å². The average Bonchev–Trinajstić information content (AvgIpc) is 3.13. The normalized spacial score (nSPS) is 14.5. The van der Waals surface area contributed by atoms with E-state index in [0.717, 1.165) is 48.3 Å². The van der Waals surface area contributed by atoms with Gasteiger partial charge in [0.05, 0.1) is 9.64 Å². The topological polar surface area (TPSA) is 86.7 Å². The van der Waals surface area contributed by atoms with Gasteiger partial charge in [-0.05, 0) is 65.3 Å². The van der Waals surface area contributed by atoms with E-state index >= 15 is 0 Å². The Hall–Kier alpha value is -3.37. The fourth-order valence-corrected chi connectivity index (χ4v) is 9.27. The summed E-state index contributed by atoms with van der Waals surface area (Å²) < 4.78 is 28.9. The van der Waals surface area contributed by atoms with E-state index in [4.69, 9.17) is 0 Å². The van der Waals surface area contributed by atoms with E-state index in [9.17, 15) is 18.3 Å². The number of nitrogens with zero attached hydrogens (tertiary/aromatic N) is 1. The molecule has 1 saturated heterocycles. The van der Waals surface area contributed by atoms with Crippen molar-refractivity contribution in [2.75, 3.05) is 23.7 Å². The van der Waals surface area contributed by atoms with E-state index in [0.29, 0.717) is 5.92 Å². The maximum absolute atomic E-state index is 13.6. The summed E-state index contributed by atoms with van der Waals surface area (Å²) in [6.45, 7) is 1.77. The second kappa shape index (κ2) is 16.4. The Balaban J connectivity index is 0.00000270. The maximum atomic E-state index is 13.6. The molecule has 1 heterocycles. The molecule has 5 aromatic rings. The van der Waals surface area contributed by atoms with Crippen molar-refractivity contribution >= 4 is 33.4 Å². The number of hydrogen-bond donors (Lipinski definition) is 2. The molecule has 0 amide bonds. The van der Waals surface area contributed by atoms with Gasteiger partial charge in [-0.2, -0.15) is 4.72 Å². The number of carboxylic acid groups (broad SMARTS) is 1. The number of hydrogen-bond acceptors (Lipinski definition) is 5. The predicted octanol–water partition coefficient (Wildman–Crippen LogP) is 4.64. The second-order valence-electron chi connectivity index (χ2n) is 11.8. The van der Waals surface area contributed by atoms with Crippen molar-refractivity contribution in [1.82, 2.24) is 4.72 Å². The van der Waals surface area contributed by atoms with Gasteiger partial charge in [-0.3, -0.25) is 4.79 Å². The van der Waals surface area contributed by atoms with E-state index in [1.54, 1.807) is 12.1 Å². The molecule has 48 heavy (non-hydrogen) atoms. The first-order valence-corrected chi connectivity index (χ1v) is 18.3. The van der Waals surface area contributed by atoms with Gasteiger partial charge >= 0.3 is 35.5 Å². The van der Waals surface area contributed by atoms with Crippen molar-refractivity contribution in [2.24, 2.45) is 0 Å². The van der Waals surface area contributed by atoms with Crippen molar-refractivity contribution in [3.8, 4) is 0 Å². The fourth-order valence-electron chi connectivity index (χ4n) is 6.42. The van der Waals surface area contributed by atoms with Gasteiger partial charge < -0.3 is 11.4 Å². The molecule has 6 rings (SSSR count). The van der Waals surface area contributed by atoms with Crippen LogP contribution in [-0.2, 0) is 19.6 Å². The van der Waals surface area contributed by atoms with Crippen LogP contribution in [0, 0.1) is 0 Å². The van der Waals surface area contributed by atoms with Gasteiger partial charge in [0.2, 0.25) is 10.0 Å². The summed E-state index contributed by atoms with van der Waals surface area (Å²) in [5.74, 6) is -0.726. The Kier molecular flexibility index (Phi) is 12.2. The third-order valence-corrected chi connectivity index (χ3v) is 12.0. The Morgan fingerprint density at radius 2 is 1.19 bits per heavy atom. The molecular weight excluding hydrogens is 648 g/mol. The molecule has 0 unspecified atom stereocenters. The molecule has 6 nitrogen and oxygen atoms in total. The Labute approximate surface area is 311 Å². The quantitative estimate of drug-likeness (QED) is 0.147. The van der Waals surface area contributed by atoms with E-state index < -0.39 is 26.8 Å². The molecule has 2 N–H and O–H groups in total. The molecule has 0 saturated carbocycles. The van der Waals surface area contributed by atoms with Crippen molar-refractivity contribution < 1.29 is 49.3 Å². The molecule has 0 spiro atoms. The number of thioether (sulfide) groups is 1. The smallest absolute Gasteiger partial charge is 1.00 e. The molecule has 0 aliphatic carbocycles.